The minimum Gasteiger partial charge on any atom is -0.497 e. The molecule has 2 aromatic heterocycles. The van der Waals surface area contributed by atoms with Gasteiger partial charge in [0.1, 0.15) is 11.5 Å². The monoisotopic (exact) mass is 602 g/mol. The molecule has 3 heterocycles. The van der Waals surface area contributed by atoms with Crippen molar-refractivity contribution in [2.45, 2.75) is 25.4 Å². The molecule has 42 heavy (non-hydrogen) atoms. The van der Waals surface area contributed by atoms with E-state index in [1.807, 2.05) is 0 Å². The highest BCUT2D eigenvalue weighted by molar-refractivity contribution is 6.31. The number of cyclic esters (lactones) is 1. The molecule has 3 aromatic carbocycles. The van der Waals surface area contributed by atoms with Gasteiger partial charge in [-0.1, -0.05) is 22.8 Å². The van der Waals surface area contributed by atoms with Crippen molar-refractivity contribution >= 4 is 45.6 Å². The summed E-state index contributed by atoms with van der Waals surface area (Å²) in [5, 5.41) is 6.74. The largest absolute Gasteiger partial charge is 0.573 e. The third kappa shape index (κ3) is 4.49. The fourth-order valence-electron chi connectivity index (χ4n) is 4.80. The van der Waals surface area contributed by atoms with E-state index in [1.54, 1.807) is 18.2 Å². The number of imide groups is 1. The molecule has 1 aliphatic rings. The molecule has 0 unspecified atom stereocenters. The van der Waals surface area contributed by atoms with E-state index in [9.17, 15) is 27.6 Å². The number of alkyl halides is 3. The fourth-order valence-corrected chi connectivity index (χ4v) is 4.98. The van der Waals surface area contributed by atoms with Crippen molar-refractivity contribution in [1.29, 1.82) is 0 Å². The summed E-state index contributed by atoms with van der Waals surface area (Å²) in [5.41, 5.74) is -1.21. The number of hydrogen-bond donors (Lipinski definition) is 1. The van der Waals surface area contributed by atoms with Gasteiger partial charge in [0.15, 0.2) is 11.4 Å². The lowest BCUT2D eigenvalue weighted by Crippen LogP contribution is -2.33. The highest BCUT2D eigenvalue weighted by Gasteiger charge is 2.46. The van der Waals surface area contributed by atoms with Crippen molar-refractivity contribution in [2.75, 3.05) is 7.11 Å². The number of amides is 2. The van der Waals surface area contributed by atoms with Crippen LogP contribution >= 0.6 is 11.6 Å². The predicted molar refractivity (Wildman–Crippen MR) is 141 cm³/mol. The van der Waals surface area contributed by atoms with E-state index in [4.69, 9.17) is 25.6 Å². The van der Waals surface area contributed by atoms with Crippen molar-refractivity contribution in [1.82, 2.24) is 19.6 Å². The molecule has 5 aromatic rings. The van der Waals surface area contributed by atoms with Gasteiger partial charge in [-0.05, 0) is 48.9 Å². The first-order valence-electron chi connectivity index (χ1n) is 12.2. The van der Waals surface area contributed by atoms with Crippen LogP contribution in [-0.4, -0.2) is 39.8 Å². The van der Waals surface area contributed by atoms with Crippen molar-refractivity contribution in [2.24, 2.45) is 0 Å². The number of fused-ring (bicyclic) bond motifs is 2. The SMILES string of the molecule is COc1ccc2c(-n3c(=O)n(Cc4cc([C@@]5(C)OC(=O)NC5=O)ccc4Cl)c4cc(OC(F)(F)F)ccc43)noc2c1. The van der Waals surface area contributed by atoms with Gasteiger partial charge in [-0.3, -0.25) is 14.7 Å². The number of aromatic nitrogens is 3. The zero-order chi connectivity index (χ0) is 30.0. The van der Waals surface area contributed by atoms with Crippen LogP contribution in [0.2, 0.25) is 5.02 Å². The maximum Gasteiger partial charge on any atom is 0.573 e. The topological polar surface area (TPSA) is 127 Å². The number of hydrogen-bond acceptors (Lipinski definition) is 8. The van der Waals surface area contributed by atoms with Crippen molar-refractivity contribution in [3.8, 4) is 17.3 Å². The van der Waals surface area contributed by atoms with Crippen LogP contribution < -0.4 is 20.5 Å². The Morgan fingerprint density at radius 1 is 1.02 bits per heavy atom. The lowest BCUT2D eigenvalue weighted by Gasteiger charge is -2.21. The Morgan fingerprint density at radius 2 is 1.79 bits per heavy atom. The number of alkyl carbamates (subject to hydrolysis) is 1. The summed E-state index contributed by atoms with van der Waals surface area (Å²) in [6.07, 6.45) is -5.90. The molecule has 0 saturated carbocycles. The summed E-state index contributed by atoms with van der Waals surface area (Å²) >= 11 is 6.46. The van der Waals surface area contributed by atoms with E-state index in [1.165, 1.54) is 47.4 Å². The van der Waals surface area contributed by atoms with E-state index in [0.29, 0.717) is 22.3 Å². The van der Waals surface area contributed by atoms with Gasteiger partial charge in [0.2, 0.25) is 5.60 Å². The van der Waals surface area contributed by atoms with Gasteiger partial charge in [-0.15, -0.1) is 13.2 Å². The molecule has 0 spiro atoms. The molecule has 1 atom stereocenters. The number of ether oxygens (including phenoxy) is 3. The molecule has 15 heteroatoms. The number of nitrogens with zero attached hydrogens (tertiary/aromatic N) is 3. The van der Waals surface area contributed by atoms with Gasteiger partial charge in [-0.2, -0.15) is 0 Å². The zero-order valence-corrected chi connectivity index (χ0v) is 22.4. The first kappa shape index (κ1) is 27.2. The second kappa shape index (κ2) is 9.55. The molecule has 0 radical (unpaired) electrons. The van der Waals surface area contributed by atoms with Crippen LogP contribution in [0.1, 0.15) is 18.1 Å². The minimum absolute atomic E-state index is 0.0594. The summed E-state index contributed by atoms with van der Waals surface area (Å²) < 4.78 is 61.5. The molecule has 216 valence electrons. The molecule has 1 saturated heterocycles. The van der Waals surface area contributed by atoms with Gasteiger partial charge in [-0.25, -0.2) is 14.2 Å². The average molecular weight is 603 g/mol. The summed E-state index contributed by atoms with van der Waals surface area (Å²) in [4.78, 5) is 38.1. The van der Waals surface area contributed by atoms with E-state index < -0.39 is 35.4 Å². The van der Waals surface area contributed by atoms with Crippen LogP contribution in [-0.2, 0) is 21.7 Å². The number of benzene rings is 3. The predicted octanol–water partition coefficient (Wildman–Crippen LogP) is 5.02. The zero-order valence-electron chi connectivity index (χ0n) is 21.6. The van der Waals surface area contributed by atoms with Gasteiger partial charge in [0.25, 0.3) is 5.91 Å². The first-order chi connectivity index (χ1) is 19.9. The van der Waals surface area contributed by atoms with Crippen LogP contribution in [0.25, 0.3) is 27.8 Å². The Labute approximate surface area is 237 Å². The Hall–Kier alpha value is -4.98. The minimum atomic E-state index is -4.98. The Bertz CT molecular complexity index is 1980. The molecular weight excluding hydrogens is 585 g/mol. The van der Waals surface area contributed by atoms with Crippen LogP contribution in [0.3, 0.4) is 0 Å². The van der Waals surface area contributed by atoms with E-state index in [2.05, 4.69) is 15.2 Å². The average Bonchev–Trinajstić information content (AvgIpc) is 3.54. The van der Waals surface area contributed by atoms with E-state index in [-0.39, 0.29) is 34.0 Å². The van der Waals surface area contributed by atoms with Crippen LogP contribution in [0.15, 0.2) is 63.9 Å². The quantitative estimate of drug-likeness (QED) is 0.287. The second-order valence-corrected chi connectivity index (χ2v) is 9.86. The molecule has 6 rings (SSSR count). The highest BCUT2D eigenvalue weighted by atomic mass is 35.5. The van der Waals surface area contributed by atoms with Crippen LogP contribution in [0.5, 0.6) is 11.5 Å². The molecule has 0 aliphatic carbocycles. The standard InChI is InChI=1S/C27H18ClF3N4O7/c1-26(23(36)32-24(37)41-26)14-3-7-18(28)13(9-14)12-34-20-10-16(40-27(29,30)31)5-8-19(20)35(25(34)38)22-17-6-4-15(39-2)11-21(17)42-33-22/h3-11H,12H2,1-2H3,(H,32,36,37)/t26-/m1/s1. The first-order valence-corrected chi connectivity index (χ1v) is 12.5. The van der Waals surface area contributed by atoms with Crippen LogP contribution in [0.4, 0.5) is 18.0 Å². The number of rotatable bonds is 6. The molecule has 11 nitrogen and oxygen atoms in total. The van der Waals surface area contributed by atoms with Crippen molar-refractivity contribution in [3.63, 3.8) is 0 Å². The molecule has 1 fully saturated rings. The van der Waals surface area contributed by atoms with Crippen LogP contribution in [0, 0.1) is 0 Å². The molecular formula is C27H18ClF3N4O7. The maximum absolute atomic E-state index is 13.9. The van der Waals surface area contributed by atoms with E-state index >= 15 is 0 Å². The molecule has 2 amide bonds. The van der Waals surface area contributed by atoms with Gasteiger partial charge < -0.3 is 18.7 Å². The highest BCUT2D eigenvalue weighted by Crippen LogP contribution is 2.34. The summed E-state index contributed by atoms with van der Waals surface area (Å²) in [7, 11) is 1.47. The van der Waals surface area contributed by atoms with E-state index in [0.717, 1.165) is 12.1 Å². The molecule has 0 bridgehead atoms. The van der Waals surface area contributed by atoms with Gasteiger partial charge >= 0.3 is 18.1 Å². The second-order valence-electron chi connectivity index (χ2n) is 9.45. The fraction of sp³-hybridized carbons (Fsp3) is 0.185. The van der Waals surface area contributed by atoms with Gasteiger partial charge in [0.05, 0.1) is 30.1 Å². The maximum atomic E-state index is 13.9. The molecule has 1 aliphatic heterocycles. The lowest BCUT2D eigenvalue weighted by molar-refractivity contribution is -0.274. The summed E-state index contributed by atoms with van der Waals surface area (Å²) in [6.45, 7) is 1.14. The summed E-state index contributed by atoms with van der Waals surface area (Å²) in [5.74, 6) is -0.679. The Balaban J connectivity index is 1.53. The lowest BCUT2D eigenvalue weighted by atomic mass is 9.94. The third-order valence-corrected chi connectivity index (χ3v) is 7.25. The summed E-state index contributed by atoms with van der Waals surface area (Å²) in [6, 6.07) is 12.7. The number of methoxy groups -OCH3 is 1. The number of carbonyl (C=O) groups excluding carboxylic acids is 2. The Kier molecular flexibility index (Phi) is 6.18. The number of halogens is 4. The molecule has 1 N–H and O–H groups in total. The number of nitrogens with one attached hydrogen (secondary N) is 1. The van der Waals surface area contributed by atoms with Crippen molar-refractivity contribution in [3.05, 3.63) is 81.2 Å². The van der Waals surface area contributed by atoms with Gasteiger partial charge in [0, 0.05) is 22.7 Å². The smallest absolute Gasteiger partial charge is 0.497 e. The number of carbonyl (C=O) groups is 2. The third-order valence-electron chi connectivity index (χ3n) is 6.88. The van der Waals surface area contributed by atoms with Crippen molar-refractivity contribution < 1.29 is 41.5 Å². The number of imidazole rings is 1. The Morgan fingerprint density at radius 3 is 2.48 bits per heavy atom. The normalized spacial score (nSPS) is 17.1.